The zero-order valence-corrected chi connectivity index (χ0v) is 15.8. The largest absolute Gasteiger partial charge is 0.394 e. The zero-order chi connectivity index (χ0) is 18.0. The SMILES string of the molecule is CC(C)[C@@H](CO)Nc1nc(Nc2cc(Cl)ccc2Cl)cc(C2CC2)n1. The lowest BCUT2D eigenvalue weighted by atomic mass is 10.1. The fraction of sp³-hybridized carbons (Fsp3) is 0.444. The Labute approximate surface area is 157 Å². The van der Waals surface area contributed by atoms with Crippen molar-refractivity contribution in [3.05, 3.63) is 40.0 Å². The predicted octanol–water partition coefficient (Wildman–Crippen LogP) is 4.83. The molecular weight excluding hydrogens is 359 g/mol. The number of hydrogen-bond acceptors (Lipinski definition) is 5. The first-order valence-corrected chi connectivity index (χ1v) is 9.20. The van der Waals surface area contributed by atoms with Gasteiger partial charge < -0.3 is 15.7 Å². The molecule has 0 bridgehead atoms. The first kappa shape index (κ1) is 18.2. The van der Waals surface area contributed by atoms with Crippen LogP contribution < -0.4 is 10.6 Å². The van der Waals surface area contributed by atoms with E-state index in [9.17, 15) is 5.11 Å². The Morgan fingerprint density at radius 2 is 1.96 bits per heavy atom. The standard InChI is InChI=1S/C18H22Cl2N4O/c1-10(2)16(9-25)23-18-22-14(11-3-4-11)8-17(24-18)21-15-7-12(19)5-6-13(15)20/h5-8,10-11,16,25H,3-4,9H2,1-2H3,(H2,21,22,23,24)/t16-/m1/s1. The average molecular weight is 381 g/mol. The van der Waals surface area contributed by atoms with Crippen molar-refractivity contribution in [3.8, 4) is 0 Å². The average Bonchev–Trinajstić information content (AvgIpc) is 3.40. The normalized spacial score (nSPS) is 15.3. The quantitative estimate of drug-likeness (QED) is 0.641. The summed E-state index contributed by atoms with van der Waals surface area (Å²) < 4.78 is 0. The van der Waals surface area contributed by atoms with Crippen LogP contribution in [-0.4, -0.2) is 27.7 Å². The predicted molar refractivity (Wildman–Crippen MR) is 103 cm³/mol. The van der Waals surface area contributed by atoms with Crippen molar-refractivity contribution < 1.29 is 5.11 Å². The van der Waals surface area contributed by atoms with Crippen molar-refractivity contribution in [3.63, 3.8) is 0 Å². The van der Waals surface area contributed by atoms with Crippen LogP contribution in [0.3, 0.4) is 0 Å². The summed E-state index contributed by atoms with van der Waals surface area (Å²) >= 11 is 12.3. The van der Waals surface area contributed by atoms with Crippen molar-refractivity contribution >= 4 is 40.7 Å². The van der Waals surface area contributed by atoms with Crippen molar-refractivity contribution in [2.45, 2.75) is 38.6 Å². The van der Waals surface area contributed by atoms with Crippen molar-refractivity contribution in [1.82, 2.24) is 9.97 Å². The molecular formula is C18H22Cl2N4O. The number of hydrogen-bond donors (Lipinski definition) is 3. The molecule has 1 heterocycles. The van der Waals surface area contributed by atoms with Gasteiger partial charge in [0, 0.05) is 17.0 Å². The highest BCUT2D eigenvalue weighted by molar-refractivity contribution is 6.35. The second kappa shape index (κ2) is 7.77. The van der Waals surface area contributed by atoms with Crippen LogP contribution in [0.1, 0.15) is 38.3 Å². The highest BCUT2D eigenvalue weighted by Crippen LogP contribution is 2.40. The second-order valence-electron chi connectivity index (χ2n) is 6.70. The molecule has 0 unspecified atom stereocenters. The van der Waals surface area contributed by atoms with Crippen LogP contribution in [-0.2, 0) is 0 Å². The Balaban J connectivity index is 1.89. The second-order valence-corrected chi connectivity index (χ2v) is 7.55. The van der Waals surface area contributed by atoms with E-state index in [1.165, 1.54) is 0 Å². The number of aliphatic hydroxyl groups is 1. The van der Waals surface area contributed by atoms with E-state index in [2.05, 4.69) is 20.6 Å². The van der Waals surface area contributed by atoms with E-state index >= 15 is 0 Å². The van der Waals surface area contributed by atoms with Crippen LogP contribution in [0.15, 0.2) is 24.3 Å². The molecule has 25 heavy (non-hydrogen) atoms. The third kappa shape index (κ3) is 4.75. The van der Waals surface area contributed by atoms with Gasteiger partial charge in [0.05, 0.1) is 29.1 Å². The summed E-state index contributed by atoms with van der Waals surface area (Å²) in [5.74, 6) is 1.91. The molecule has 1 saturated carbocycles. The van der Waals surface area contributed by atoms with Gasteiger partial charge in [-0.1, -0.05) is 37.0 Å². The number of nitrogens with one attached hydrogen (secondary N) is 2. The molecule has 1 aromatic heterocycles. The first-order valence-electron chi connectivity index (χ1n) is 8.44. The summed E-state index contributed by atoms with van der Waals surface area (Å²) in [6.07, 6.45) is 2.28. The number of rotatable bonds is 7. The van der Waals surface area contributed by atoms with Crippen LogP contribution >= 0.6 is 23.2 Å². The van der Waals surface area contributed by atoms with E-state index in [-0.39, 0.29) is 18.6 Å². The van der Waals surface area contributed by atoms with Gasteiger partial charge in [-0.25, -0.2) is 4.98 Å². The molecule has 5 nitrogen and oxygen atoms in total. The molecule has 1 aliphatic rings. The van der Waals surface area contributed by atoms with Crippen LogP contribution in [0, 0.1) is 5.92 Å². The summed E-state index contributed by atoms with van der Waals surface area (Å²) in [4.78, 5) is 9.15. The molecule has 3 N–H and O–H groups in total. The molecule has 0 saturated heterocycles. The van der Waals surface area contributed by atoms with Gasteiger partial charge in [-0.2, -0.15) is 4.98 Å². The van der Waals surface area contributed by atoms with Gasteiger partial charge in [0.25, 0.3) is 0 Å². The van der Waals surface area contributed by atoms with Gasteiger partial charge in [-0.3, -0.25) is 0 Å². The maximum atomic E-state index is 9.55. The number of nitrogens with zero attached hydrogens (tertiary/aromatic N) is 2. The van der Waals surface area contributed by atoms with E-state index in [0.717, 1.165) is 18.5 Å². The number of benzene rings is 1. The molecule has 134 valence electrons. The molecule has 0 amide bonds. The van der Waals surface area contributed by atoms with Crippen LogP contribution in [0.5, 0.6) is 0 Å². The minimum Gasteiger partial charge on any atom is -0.394 e. The third-order valence-corrected chi connectivity index (χ3v) is 4.81. The van der Waals surface area contributed by atoms with Crippen LogP contribution in [0.2, 0.25) is 10.0 Å². The van der Waals surface area contributed by atoms with Gasteiger partial charge in [0.2, 0.25) is 5.95 Å². The number of halogens is 2. The molecule has 1 fully saturated rings. The third-order valence-electron chi connectivity index (χ3n) is 4.25. The lowest BCUT2D eigenvalue weighted by Gasteiger charge is -2.20. The fourth-order valence-electron chi connectivity index (χ4n) is 2.50. The molecule has 7 heteroatoms. The highest BCUT2D eigenvalue weighted by Gasteiger charge is 2.27. The van der Waals surface area contributed by atoms with E-state index in [0.29, 0.717) is 33.4 Å². The van der Waals surface area contributed by atoms with Gasteiger partial charge in [-0.15, -0.1) is 0 Å². The van der Waals surface area contributed by atoms with Gasteiger partial charge >= 0.3 is 0 Å². The molecule has 0 aliphatic heterocycles. The zero-order valence-electron chi connectivity index (χ0n) is 14.3. The number of aromatic nitrogens is 2. The summed E-state index contributed by atoms with van der Waals surface area (Å²) in [5, 5.41) is 17.2. The molecule has 1 aliphatic carbocycles. The fourth-order valence-corrected chi connectivity index (χ4v) is 2.84. The minimum atomic E-state index is -0.0999. The summed E-state index contributed by atoms with van der Waals surface area (Å²) in [7, 11) is 0. The van der Waals surface area contributed by atoms with E-state index in [1.807, 2.05) is 19.9 Å². The smallest absolute Gasteiger partial charge is 0.225 e. The molecule has 2 aromatic rings. The summed E-state index contributed by atoms with van der Waals surface area (Å²) in [6, 6.07) is 7.10. The topological polar surface area (TPSA) is 70.1 Å². The minimum absolute atomic E-state index is 0.0254. The van der Waals surface area contributed by atoms with E-state index in [4.69, 9.17) is 23.2 Å². The monoisotopic (exact) mass is 380 g/mol. The van der Waals surface area contributed by atoms with E-state index in [1.54, 1.807) is 18.2 Å². The number of aliphatic hydroxyl groups excluding tert-OH is 1. The lowest BCUT2D eigenvalue weighted by Crippen LogP contribution is -2.30. The van der Waals surface area contributed by atoms with E-state index < -0.39 is 0 Å². The Kier molecular flexibility index (Phi) is 5.67. The van der Waals surface area contributed by atoms with Gasteiger partial charge in [0.15, 0.2) is 0 Å². The first-order chi connectivity index (χ1) is 12.0. The summed E-state index contributed by atoms with van der Waals surface area (Å²) in [6.45, 7) is 4.12. The molecule has 0 spiro atoms. The van der Waals surface area contributed by atoms with Crippen LogP contribution in [0.4, 0.5) is 17.5 Å². The Morgan fingerprint density at radius 3 is 2.60 bits per heavy atom. The van der Waals surface area contributed by atoms with Gasteiger partial charge in [0.1, 0.15) is 5.82 Å². The summed E-state index contributed by atoms with van der Waals surface area (Å²) in [5.41, 5.74) is 1.70. The lowest BCUT2D eigenvalue weighted by molar-refractivity contribution is 0.248. The van der Waals surface area contributed by atoms with Crippen LogP contribution in [0.25, 0.3) is 0 Å². The number of anilines is 3. The highest BCUT2D eigenvalue weighted by atomic mass is 35.5. The Morgan fingerprint density at radius 1 is 1.20 bits per heavy atom. The molecule has 3 rings (SSSR count). The van der Waals surface area contributed by atoms with Gasteiger partial charge in [-0.05, 0) is 37.0 Å². The maximum absolute atomic E-state index is 9.55. The molecule has 0 radical (unpaired) electrons. The Hall–Kier alpha value is -1.56. The molecule has 1 atom stereocenters. The van der Waals surface area contributed by atoms with Crippen molar-refractivity contribution in [1.29, 1.82) is 0 Å². The van der Waals surface area contributed by atoms with Crippen molar-refractivity contribution in [2.24, 2.45) is 5.92 Å². The molecule has 1 aromatic carbocycles. The Bertz CT molecular complexity index is 750. The maximum Gasteiger partial charge on any atom is 0.225 e. The van der Waals surface area contributed by atoms with Crippen molar-refractivity contribution in [2.75, 3.05) is 17.2 Å².